The van der Waals surface area contributed by atoms with Crippen LogP contribution in [0.15, 0.2) is 54.6 Å². The molecular weight excluding hydrogens is 1420 g/mol. The van der Waals surface area contributed by atoms with E-state index in [1.807, 2.05) is 65.0 Å². The molecule has 2 aromatic carbocycles. The van der Waals surface area contributed by atoms with Crippen LogP contribution in [0.4, 0.5) is 10.5 Å². The number of carbonyl (C=O) groups excluding carboxylic acids is 12. The number of likely N-dealkylation sites (N-methyl/N-ethyl adjacent to an activating group) is 2. The van der Waals surface area contributed by atoms with Crippen molar-refractivity contribution < 1.29 is 107 Å². The number of ketones is 5. The van der Waals surface area contributed by atoms with Crippen molar-refractivity contribution >= 4 is 94.0 Å². The summed E-state index contributed by atoms with van der Waals surface area (Å²) >= 11 is 0. The summed E-state index contributed by atoms with van der Waals surface area (Å²) < 4.78 is 17.8. The number of carboxylic acid groups (broad SMARTS) is 3. The Morgan fingerprint density at radius 3 is 1.77 bits per heavy atom. The van der Waals surface area contributed by atoms with Crippen molar-refractivity contribution in [3.8, 4) is 0 Å². The quantitative estimate of drug-likeness (QED) is 0.0294. The summed E-state index contributed by atoms with van der Waals surface area (Å²) in [6.45, 7) is 19.5. The van der Waals surface area contributed by atoms with Gasteiger partial charge >= 0.3 is 24.0 Å². The Labute approximate surface area is 646 Å². The third-order valence-corrected chi connectivity index (χ3v) is 20.8. The minimum Gasteiger partial charge on any atom is -0.481 e. The van der Waals surface area contributed by atoms with Crippen molar-refractivity contribution in [3.05, 3.63) is 65.7 Å². The molecule has 110 heavy (non-hydrogen) atoms. The molecule has 1 heterocycles. The number of anilines is 1. The molecule has 1 unspecified atom stereocenters. The first-order valence-electron chi connectivity index (χ1n) is 38.2. The number of nitrogens with two attached hydrogens (primary N) is 1. The van der Waals surface area contributed by atoms with Crippen molar-refractivity contribution in [3.63, 3.8) is 0 Å². The molecule has 1 aliphatic rings. The topological polar surface area (TPSA) is 449 Å². The van der Waals surface area contributed by atoms with E-state index < -0.39 is 212 Å². The van der Waals surface area contributed by atoms with E-state index >= 15 is 0 Å². The van der Waals surface area contributed by atoms with Gasteiger partial charge in [-0.15, -0.1) is 0 Å². The van der Waals surface area contributed by atoms with Crippen LogP contribution in [0.5, 0.6) is 0 Å². The zero-order valence-corrected chi connectivity index (χ0v) is 66.8. The fraction of sp³-hybridized carbons (Fsp3) is 0.662. The first-order chi connectivity index (χ1) is 51.7. The number of methoxy groups -OCH3 is 2. The Kier molecular flexibility index (Phi) is 41.0. The molecular formula is C80H122N8O22. The van der Waals surface area contributed by atoms with Crippen LogP contribution in [-0.2, 0) is 87.9 Å². The maximum atomic E-state index is 14.9. The SMILES string of the molecule is CC[C@H](C)C([C@@H](CC(=O)N1CCC[C@H]1[C@H](OC)[C@@H](C)C(=O)C[C@H](C)[C@@H](O)c1ccccc1)OC)N(C)C(=O)[C@@H](CC(=O)[C@H](C(C)C)N(C)C(=O)OCc1ccc(NC(=O)[C@H](CC(=O)O)CC(=O)[C@@H](NC(=O)[C@H](CCC(=O)O)CC(=O)[C@H](CC(=O)O)NC(=O)CCC(=O)[C@H](CCCCN)NC(C)=O)C(C)C)cc1)C(C)C. The lowest BCUT2D eigenvalue weighted by Gasteiger charge is -2.41. The number of carboxylic acids is 3. The Balaban J connectivity index is 1.72. The minimum atomic E-state index is -1.75. The highest BCUT2D eigenvalue weighted by Gasteiger charge is 2.45. The molecule has 10 N–H and O–H groups in total. The van der Waals surface area contributed by atoms with Gasteiger partial charge in [0.1, 0.15) is 12.4 Å². The molecule has 3 rings (SSSR count). The number of rotatable bonds is 52. The minimum absolute atomic E-state index is 0.0930. The summed E-state index contributed by atoms with van der Waals surface area (Å²) in [7, 11) is 6.08. The first kappa shape index (κ1) is 95.3. The van der Waals surface area contributed by atoms with Gasteiger partial charge in [0.15, 0.2) is 23.1 Å². The normalized spacial score (nSPS) is 16.7. The van der Waals surface area contributed by atoms with Crippen LogP contribution < -0.4 is 27.0 Å². The van der Waals surface area contributed by atoms with Gasteiger partial charge in [-0.25, -0.2) is 4.79 Å². The Bertz CT molecular complexity index is 3420. The summed E-state index contributed by atoms with van der Waals surface area (Å²) in [6.07, 6.45) is -5.56. The van der Waals surface area contributed by atoms with Gasteiger partial charge in [0.05, 0.1) is 79.7 Å². The molecule has 1 saturated heterocycles. The molecule has 30 heteroatoms. The summed E-state index contributed by atoms with van der Waals surface area (Å²) in [5, 5.41) is 50.1. The number of likely N-dealkylation sites (tertiary alicyclic amines) is 1. The van der Waals surface area contributed by atoms with Crippen LogP contribution in [0.25, 0.3) is 0 Å². The second-order valence-corrected chi connectivity index (χ2v) is 30.4. The standard InChI is InChI=1S/C80H122N8O22/c1-16-48(8)74(66(108-14)43-68(96)88-36-22-26-60(88)76(109-15)50(10)62(91)37-49(9)75(103)53-23-18-17-19-24-53)86(12)79(106)57(45(2)3)41-65(94)73(47(6)7)87(13)80(107)110-44-52-27-30-56(31-28-52)83-78(105)55(40-70(99)100)39-64(93)72(46(4)5)85-77(104)54(29-34-69(97)98)38-63(92)59(42-71(101)102)84-67(95)33-32-61(90)58(82-51(11)89)25-20-21-35-81/h17-19,23-24,27-28,30-31,45-50,54-55,57-60,66,72-76,103H,16,20-22,25-26,29,32-44,81H2,1-15H3,(H,82,89)(H,83,105)(H,84,95)(H,85,104)(H,97,98)(H,99,100)(H,101,102)/t48-,49-,50-,54+,55-,57-,58-,59-,60-,66+,72-,73-,74?,75+,76+/m0/s1. The molecule has 2 aromatic rings. The highest BCUT2D eigenvalue weighted by molar-refractivity contribution is 6.00. The number of ether oxygens (including phenoxy) is 3. The van der Waals surface area contributed by atoms with Gasteiger partial charge in [0.2, 0.25) is 35.4 Å². The molecule has 30 nitrogen and oxygen atoms in total. The molecule has 614 valence electrons. The largest absolute Gasteiger partial charge is 0.481 e. The molecule has 0 radical (unpaired) electrons. The molecule has 7 amide bonds. The van der Waals surface area contributed by atoms with Crippen LogP contribution in [0.1, 0.15) is 203 Å². The van der Waals surface area contributed by atoms with Gasteiger partial charge in [0, 0.05) is 110 Å². The van der Waals surface area contributed by atoms with E-state index in [0.717, 1.165) is 0 Å². The number of hydrogen-bond acceptors (Lipinski definition) is 20. The smallest absolute Gasteiger partial charge is 0.410 e. The number of Topliss-reactive ketones (excluding diaryl/α,β-unsaturated/α-hetero) is 5. The average molecular weight is 1550 g/mol. The lowest BCUT2D eigenvalue weighted by molar-refractivity contribution is -0.149. The van der Waals surface area contributed by atoms with Crippen LogP contribution >= 0.6 is 0 Å². The molecule has 0 spiro atoms. The van der Waals surface area contributed by atoms with Crippen molar-refractivity contribution in [1.29, 1.82) is 0 Å². The number of unbranched alkanes of at least 4 members (excludes halogenated alkanes) is 1. The van der Waals surface area contributed by atoms with Gasteiger partial charge in [-0.05, 0) is 97.9 Å². The number of aliphatic hydroxyl groups excluding tert-OH is 1. The highest BCUT2D eigenvalue weighted by atomic mass is 16.6. The second kappa shape index (κ2) is 47.4. The number of aliphatic hydroxyl groups is 1. The Morgan fingerprint density at radius 1 is 0.600 bits per heavy atom. The highest BCUT2D eigenvalue weighted by Crippen LogP contribution is 2.34. The van der Waals surface area contributed by atoms with Gasteiger partial charge in [-0.3, -0.25) is 67.1 Å². The van der Waals surface area contributed by atoms with Gasteiger partial charge in [-0.1, -0.05) is 118 Å². The average Bonchev–Trinajstić information content (AvgIpc) is 1.63. The van der Waals surface area contributed by atoms with E-state index in [4.69, 9.17) is 19.9 Å². The fourth-order valence-electron chi connectivity index (χ4n) is 14.4. The number of hydrogen-bond donors (Lipinski definition) is 9. The van der Waals surface area contributed by atoms with Crippen LogP contribution in [0.2, 0.25) is 0 Å². The van der Waals surface area contributed by atoms with Crippen molar-refractivity contribution in [1.82, 2.24) is 30.7 Å². The van der Waals surface area contributed by atoms with Crippen molar-refractivity contribution in [2.24, 2.45) is 59.0 Å². The van der Waals surface area contributed by atoms with Crippen LogP contribution in [-0.4, -0.2) is 213 Å². The zero-order valence-electron chi connectivity index (χ0n) is 66.8. The number of benzene rings is 2. The van der Waals surface area contributed by atoms with Crippen molar-refractivity contribution in [2.75, 3.05) is 46.7 Å². The van der Waals surface area contributed by atoms with E-state index in [9.17, 15) is 92.3 Å². The Hall–Kier alpha value is -8.87. The van der Waals surface area contributed by atoms with E-state index in [1.165, 1.54) is 71.2 Å². The van der Waals surface area contributed by atoms with Crippen LogP contribution in [0.3, 0.4) is 0 Å². The zero-order chi connectivity index (χ0) is 83.0. The number of carbonyl (C=O) groups is 15. The number of nitrogens with one attached hydrogen (secondary N) is 4. The number of nitrogens with zero attached hydrogens (tertiary/aromatic N) is 3. The van der Waals surface area contributed by atoms with Gasteiger partial charge in [0.25, 0.3) is 0 Å². The van der Waals surface area contributed by atoms with E-state index in [1.54, 1.807) is 37.6 Å². The van der Waals surface area contributed by atoms with E-state index in [2.05, 4.69) is 21.3 Å². The third-order valence-electron chi connectivity index (χ3n) is 20.8. The predicted octanol–water partition coefficient (Wildman–Crippen LogP) is 7.27. The van der Waals surface area contributed by atoms with Gasteiger partial charge < -0.3 is 76.3 Å². The molecule has 1 fully saturated rings. The van der Waals surface area contributed by atoms with E-state index in [-0.39, 0.29) is 73.3 Å². The molecule has 0 saturated carbocycles. The third kappa shape index (κ3) is 30.4. The lowest BCUT2D eigenvalue weighted by atomic mass is 9.83. The summed E-state index contributed by atoms with van der Waals surface area (Å²) in [5.41, 5.74) is 6.83. The van der Waals surface area contributed by atoms with Gasteiger partial charge in [-0.2, -0.15) is 0 Å². The molecule has 1 aliphatic heterocycles. The summed E-state index contributed by atoms with van der Waals surface area (Å²) in [4.78, 5) is 206. The van der Waals surface area contributed by atoms with Crippen molar-refractivity contribution in [2.45, 2.75) is 246 Å². The second-order valence-electron chi connectivity index (χ2n) is 30.4. The summed E-state index contributed by atoms with van der Waals surface area (Å²) in [5.74, 6) is -17.6. The maximum Gasteiger partial charge on any atom is 0.410 e. The molecule has 0 aliphatic carbocycles. The molecule has 0 bridgehead atoms. The predicted molar refractivity (Wildman–Crippen MR) is 407 cm³/mol. The Morgan fingerprint density at radius 2 is 1.23 bits per heavy atom. The number of amides is 7. The monoisotopic (exact) mass is 1550 g/mol. The molecule has 0 aromatic heterocycles. The maximum absolute atomic E-state index is 14.9. The summed E-state index contributed by atoms with van der Waals surface area (Å²) in [6, 6.07) is 8.82. The molecule has 15 atom stereocenters. The fourth-order valence-corrected chi connectivity index (χ4v) is 14.4. The van der Waals surface area contributed by atoms with E-state index in [0.29, 0.717) is 56.3 Å². The first-order valence-corrected chi connectivity index (χ1v) is 38.2. The number of aliphatic carboxylic acids is 3. The lowest BCUT2D eigenvalue weighted by Crippen LogP contribution is -2.54. The van der Waals surface area contributed by atoms with Crippen LogP contribution in [0, 0.1) is 53.3 Å².